The third-order valence-electron chi connectivity index (χ3n) is 2.70. The molecule has 1 aromatic carbocycles. The van der Waals surface area contributed by atoms with Crippen molar-refractivity contribution in [1.29, 1.82) is 0 Å². The molecule has 0 saturated heterocycles. The van der Waals surface area contributed by atoms with E-state index in [0.29, 0.717) is 24.6 Å². The minimum absolute atomic E-state index is 0.295. The Hall–Kier alpha value is -0.510. The molecule has 1 unspecified atom stereocenters. The summed E-state index contributed by atoms with van der Waals surface area (Å²) in [5.74, 6) is 0. The van der Waals surface area contributed by atoms with Gasteiger partial charge in [0, 0.05) is 10.1 Å². The number of hydrogen-bond donors (Lipinski definition) is 0. The van der Waals surface area contributed by atoms with Crippen LogP contribution in [0, 0.1) is 0 Å². The molecule has 0 bridgehead atoms. The zero-order valence-electron chi connectivity index (χ0n) is 10.5. The summed E-state index contributed by atoms with van der Waals surface area (Å²) in [4.78, 5) is 1.42. The summed E-state index contributed by atoms with van der Waals surface area (Å²) in [6.07, 6.45) is 1.43. The smallest absolute Gasteiger partial charge is 0.0703 e. The van der Waals surface area contributed by atoms with Crippen molar-refractivity contribution in [3.8, 4) is 0 Å². The predicted octanol–water partition coefficient (Wildman–Crippen LogP) is 3.15. The highest BCUT2D eigenvalue weighted by atomic mass is 32.2. The summed E-state index contributed by atoms with van der Waals surface area (Å²) >= 11 is 1.93. The summed E-state index contributed by atoms with van der Waals surface area (Å²) in [6, 6.07) is 8.62. The minimum atomic E-state index is 0.295. The third kappa shape index (κ3) is 4.02. The van der Waals surface area contributed by atoms with Crippen LogP contribution in [0.1, 0.15) is 19.4 Å². The van der Waals surface area contributed by atoms with Crippen molar-refractivity contribution in [3.05, 3.63) is 29.8 Å². The second-order valence-corrected chi connectivity index (χ2v) is 5.89. The van der Waals surface area contributed by atoms with Crippen LogP contribution in [0.15, 0.2) is 29.2 Å². The Bertz CT molecular complexity index is 327. The van der Waals surface area contributed by atoms with Crippen molar-refractivity contribution < 1.29 is 9.47 Å². The molecule has 0 aliphatic carbocycles. The molecule has 0 amide bonds. The molecule has 0 N–H and O–H groups in total. The highest BCUT2D eigenvalue weighted by molar-refractivity contribution is 8.00. The topological polar surface area (TPSA) is 18.5 Å². The fourth-order valence-corrected chi connectivity index (χ4v) is 3.15. The van der Waals surface area contributed by atoms with Crippen LogP contribution in [0.25, 0.3) is 0 Å². The van der Waals surface area contributed by atoms with E-state index in [-0.39, 0.29) is 0 Å². The molecular formula is C14H20O2S. The van der Waals surface area contributed by atoms with Crippen LogP contribution in [0.2, 0.25) is 0 Å². The fourth-order valence-electron chi connectivity index (χ4n) is 1.90. The van der Waals surface area contributed by atoms with E-state index in [0.717, 1.165) is 13.0 Å². The Morgan fingerprint density at radius 2 is 2.12 bits per heavy atom. The second kappa shape index (κ2) is 6.43. The molecule has 2 rings (SSSR count). The van der Waals surface area contributed by atoms with Gasteiger partial charge in [-0.2, -0.15) is 0 Å². The van der Waals surface area contributed by atoms with E-state index < -0.39 is 0 Å². The molecule has 3 heteroatoms. The maximum absolute atomic E-state index is 5.65. The number of benzene rings is 1. The van der Waals surface area contributed by atoms with Gasteiger partial charge in [0.15, 0.2) is 0 Å². The van der Waals surface area contributed by atoms with Gasteiger partial charge in [0.05, 0.1) is 25.9 Å². The molecule has 17 heavy (non-hydrogen) atoms. The van der Waals surface area contributed by atoms with Gasteiger partial charge in [-0.25, -0.2) is 0 Å². The zero-order chi connectivity index (χ0) is 12.1. The number of fused-ring (bicyclic) bond motifs is 1. The first-order chi connectivity index (χ1) is 8.25. The molecule has 1 aliphatic rings. The molecule has 0 spiro atoms. The van der Waals surface area contributed by atoms with Gasteiger partial charge in [0.1, 0.15) is 0 Å². The first kappa shape index (κ1) is 12.9. The van der Waals surface area contributed by atoms with Crippen molar-refractivity contribution in [2.24, 2.45) is 0 Å². The van der Waals surface area contributed by atoms with E-state index in [1.54, 1.807) is 0 Å². The molecule has 0 aromatic heterocycles. The van der Waals surface area contributed by atoms with Gasteiger partial charge in [-0.05, 0) is 31.9 Å². The van der Waals surface area contributed by atoms with E-state index >= 15 is 0 Å². The Morgan fingerprint density at radius 3 is 2.88 bits per heavy atom. The van der Waals surface area contributed by atoms with Crippen LogP contribution in [-0.4, -0.2) is 31.2 Å². The van der Waals surface area contributed by atoms with E-state index in [1.165, 1.54) is 10.5 Å². The van der Waals surface area contributed by atoms with E-state index in [9.17, 15) is 0 Å². The Kier molecular flexibility index (Phi) is 4.89. The molecule has 0 fully saturated rings. The molecular weight excluding hydrogens is 232 g/mol. The normalized spacial score (nSPS) is 18.6. The Balaban J connectivity index is 1.63. The zero-order valence-corrected chi connectivity index (χ0v) is 11.3. The summed E-state index contributed by atoms with van der Waals surface area (Å²) < 4.78 is 11.1. The third-order valence-corrected chi connectivity index (χ3v) is 3.98. The number of hydrogen-bond acceptors (Lipinski definition) is 3. The highest BCUT2D eigenvalue weighted by Gasteiger charge is 2.21. The number of thioether (sulfide) groups is 1. The van der Waals surface area contributed by atoms with Gasteiger partial charge >= 0.3 is 0 Å². The lowest BCUT2D eigenvalue weighted by molar-refractivity contribution is 0.0201. The quantitative estimate of drug-likeness (QED) is 0.725. The van der Waals surface area contributed by atoms with Crippen LogP contribution in [0.3, 0.4) is 0 Å². The Morgan fingerprint density at radius 1 is 1.29 bits per heavy atom. The van der Waals surface area contributed by atoms with Gasteiger partial charge in [0.25, 0.3) is 0 Å². The molecule has 94 valence electrons. The average molecular weight is 252 g/mol. The van der Waals surface area contributed by atoms with Crippen LogP contribution >= 0.6 is 11.8 Å². The maximum atomic E-state index is 5.65. The molecule has 1 heterocycles. The summed E-state index contributed by atoms with van der Waals surface area (Å²) in [7, 11) is 0. The molecule has 1 aliphatic heterocycles. The van der Waals surface area contributed by atoms with E-state index in [1.807, 2.05) is 25.6 Å². The SMILES string of the molecule is CC(C)OCCOCC1Cc2ccccc2S1. The van der Waals surface area contributed by atoms with Crippen LogP contribution in [-0.2, 0) is 15.9 Å². The first-order valence-corrected chi connectivity index (χ1v) is 7.07. The van der Waals surface area contributed by atoms with Gasteiger partial charge in [0.2, 0.25) is 0 Å². The number of ether oxygens (including phenoxy) is 2. The van der Waals surface area contributed by atoms with Crippen LogP contribution < -0.4 is 0 Å². The van der Waals surface area contributed by atoms with Crippen LogP contribution in [0.4, 0.5) is 0 Å². The molecule has 2 nitrogen and oxygen atoms in total. The van der Waals surface area contributed by atoms with E-state index in [2.05, 4.69) is 24.3 Å². The highest BCUT2D eigenvalue weighted by Crippen LogP contribution is 2.36. The summed E-state index contributed by atoms with van der Waals surface area (Å²) in [6.45, 7) is 6.31. The molecule has 0 saturated carbocycles. The lowest BCUT2D eigenvalue weighted by Gasteiger charge is -2.11. The van der Waals surface area contributed by atoms with Crippen molar-refractivity contribution in [3.63, 3.8) is 0 Å². The van der Waals surface area contributed by atoms with Crippen molar-refractivity contribution in [2.75, 3.05) is 19.8 Å². The first-order valence-electron chi connectivity index (χ1n) is 6.19. The summed E-state index contributed by atoms with van der Waals surface area (Å²) in [5, 5.41) is 0.575. The van der Waals surface area contributed by atoms with Crippen molar-refractivity contribution >= 4 is 11.8 Å². The van der Waals surface area contributed by atoms with Gasteiger partial charge in [-0.1, -0.05) is 18.2 Å². The largest absolute Gasteiger partial charge is 0.378 e. The van der Waals surface area contributed by atoms with Crippen molar-refractivity contribution in [2.45, 2.75) is 36.5 Å². The number of rotatable bonds is 6. The van der Waals surface area contributed by atoms with Crippen LogP contribution in [0.5, 0.6) is 0 Å². The predicted molar refractivity (Wildman–Crippen MR) is 71.7 cm³/mol. The Labute approximate surface area is 108 Å². The lowest BCUT2D eigenvalue weighted by Crippen LogP contribution is -2.15. The summed E-state index contributed by atoms with van der Waals surface area (Å²) in [5.41, 5.74) is 1.46. The average Bonchev–Trinajstić information content (AvgIpc) is 2.70. The maximum Gasteiger partial charge on any atom is 0.0703 e. The second-order valence-electron chi connectivity index (χ2n) is 4.55. The fraction of sp³-hybridized carbons (Fsp3) is 0.571. The van der Waals surface area contributed by atoms with Gasteiger partial charge in [-0.3, -0.25) is 0 Å². The van der Waals surface area contributed by atoms with Crippen molar-refractivity contribution in [1.82, 2.24) is 0 Å². The lowest BCUT2D eigenvalue weighted by atomic mass is 10.1. The molecule has 1 atom stereocenters. The minimum Gasteiger partial charge on any atom is -0.378 e. The standard InChI is InChI=1S/C14H20O2S/c1-11(2)16-8-7-15-10-13-9-12-5-3-4-6-14(12)17-13/h3-6,11,13H,7-10H2,1-2H3. The van der Waals surface area contributed by atoms with Gasteiger partial charge < -0.3 is 9.47 Å². The van der Waals surface area contributed by atoms with Gasteiger partial charge in [-0.15, -0.1) is 11.8 Å². The monoisotopic (exact) mass is 252 g/mol. The molecule has 1 aromatic rings. The van der Waals surface area contributed by atoms with E-state index in [4.69, 9.17) is 9.47 Å². The molecule has 0 radical (unpaired) electrons.